The summed E-state index contributed by atoms with van der Waals surface area (Å²) in [5.74, 6) is -0.616. The van der Waals surface area contributed by atoms with Crippen LogP contribution in [0.2, 0.25) is 0 Å². The number of thiocarbonyl (C=S) groups is 1. The summed E-state index contributed by atoms with van der Waals surface area (Å²) >= 11 is 4.83. The predicted molar refractivity (Wildman–Crippen MR) is 83.4 cm³/mol. The second-order valence-corrected chi connectivity index (χ2v) is 5.55. The van der Waals surface area contributed by atoms with Crippen molar-refractivity contribution in [3.63, 3.8) is 0 Å². The monoisotopic (exact) mass is 304 g/mol. The summed E-state index contributed by atoms with van der Waals surface area (Å²) in [6.07, 6.45) is 0.849. The fourth-order valence-corrected chi connectivity index (χ4v) is 2.74. The van der Waals surface area contributed by atoms with Crippen molar-refractivity contribution < 1.29 is 8.78 Å². The Morgan fingerprint density at radius 2 is 2.00 bits per heavy atom. The molecule has 0 aromatic heterocycles. The number of fused-ring (bicyclic) bond motifs is 1. The van der Waals surface area contributed by atoms with Crippen LogP contribution in [-0.2, 0) is 13.0 Å². The van der Waals surface area contributed by atoms with Gasteiger partial charge in [-0.25, -0.2) is 8.78 Å². The van der Waals surface area contributed by atoms with E-state index < -0.39 is 0 Å². The van der Waals surface area contributed by atoms with Crippen molar-refractivity contribution in [2.75, 3.05) is 11.4 Å². The molecule has 0 amide bonds. The van der Waals surface area contributed by atoms with E-state index in [2.05, 4.69) is 0 Å². The van der Waals surface area contributed by atoms with Crippen molar-refractivity contribution in [1.29, 1.82) is 0 Å². The molecule has 21 heavy (non-hydrogen) atoms. The van der Waals surface area contributed by atoms with Crippen LogP contribution in [0.5, 0.6) is 0 Å². The lowest BCUT2D eigenvalue weighted by Gasteiger charge is -2.20. The zero-order valence-electron chi connectivity index (χ0n) is 11.3. The first-order valence-corrected chi connectivity index (χ1v) is 7.07. The van der Waals surface area contributed by atoms with Crippen LogP contribution >= 0.6 is 12.2 Å². The first-order valence-electron chi connectivity index (χ1n) is 6.66. The quantitative estimate of drug-likeness (QED) is 0.883. The first kappa shape index (κ1) is 13.9. The summed E-state index contributed by atoms with van der Waals surface area (Å²) in [4.78, 5) is 2.16. The largest absolute Gasteiger partial charge is 0.389 e. The highest BCUT2D eigenvalue weighted by Gasteiger charge is 2.20. The number of nitrogens with two attached hydrogens (primary N) is 1. The number of benzene rings is 2. The van der Waals surface area contributed by atoms with Gasteiger partial charge in [0, 0.05) is 29.9 Å². The predicted octanol–water partition coefficient (Wildman–Crippen LogP) is 3.16. The minimum atomic E-state index is -0.342. The Bertz CT molecular complexity index is 715. The molecule has 0 unspecified atom stereocenters. The second kappa shape index (κ2) is 5.41. The molecule has 0 spiro atoms. The maximum atomic E-state index is 14.1. The Hall–Kier alpha value is -2.01. The zero-order chi connectivity index (χ0) is 15.0. The van der Waals surface area contributed by atoms with Gasteiger partial charge in [0.05, 0.1) is 0 Å². The van der Waals surface area contributed by atoms with Gasteiger partial charge in [0.2, 0.25) is 0 Å². The summed E-state index contributed by atoms with van der Waals surface area (Å²) in [6, 6.07) is 9.49. The highest BCUT2D eigenvalue weighted by Crippen LogP contribution is 2.30. The lowest BCUT2D eigenvalue weighted by atomic mass is 10.1. The molecule has 5 heteroatoms. The fourth-order valence-electron chi connectivity index (χ4n) is 2.62. The van der Waals surface area contributed by atoms with E-state index >= 15 is 0 Å². The molecule has 0 saturated heterocycles. The summed E-state index contributed by atoms with van der Waals surface area (Å²) in [5, 5.41) is 0. The van der Waals surface area contributed by atoms with Crippen molar-refractivity contribution in [3.05, 3.63) is 64.7 Å². The molecule has 2 aromatic rings. The van der Waals surface area contributed by atoms with E-state index in [1.807, 2.05) is 4.90 Å². The molecule has 108 valence electrons. The van der Waals surface area contributed by atoms with E-state index in [0.717, 1.165) is 24.2 Å². The van der Waals surface area contributed by atoms with Gasteiger partial charge < -0.3 is 10.6 Å². The molecule has 0 bridgehead atoms. The maximum absolute atomic E-state index is 14.1. The van der Waals surface area contributed by atoms with Crippen LogP contribution < -0.4 is 10.6 Å². The average Bonchev–Trinajstić information content (AvgIpc) is 2.83. The lowest BCUT2D eigenvalue weighted by Crippen LogP contribution is -2.21. The summed E-state index contributed by atoms with van der Waals surface area (Å²) < 4.78 is 27.5. The van der Waals surface area contributed by atoms with Crippen molar-refractivity contribution >= 4 is 22.9 Å². The molecular weight excluding hydrogens is 290 g/mol. The Kier molecular flexibility index (Phi) is 3.59. The molecule has 0 fully saturated rings. The smallest absolute Gasteiger partial charge is 0.128 e. The van der Waals surface area contributed by atoms with Gasteiger partial charge in [0.25, 0.3) is 0 Å². The van der Waals surface area contributed by atoms with Gasteiger partial charge in [-0.1, -0.05) is 30.4 Å². The van der Waals surface area contributed by atoms with Crippen LogP contribution in [0.4, 0.5) is 14.5 Å². The zero-order valence-corrected chi connectivity index (χ0v) is 12.1. The van der Waals surface area contributed by atoms with Gasteiger partial charge in [-0.2, -0.15) is 0 Å². The minimum Gasteiger partial charge on any atom is -0.389 e. The number of anilines is 1. The average molecular weight is 304 g/mol. The van der Waals surface area contributed by atoms with E-state index in [1.54, 1.807) is 18.2 Å². The molecule has 3 rings (SSSR count). The lowest BCUT2D eigenvalue weighted by molar-refractivity contribution is 0.605. The van der Waals surface area contributed by atoms with Crippen molar-refractivity contribution in [2.24, 2.45) is 5.73 Å². The van der Waals surface area contributed by atoms with E-state index in [-0.39, 0.29) is 16.6 Å². The van der Waals surface area contributed by atoms with Crippen molar-refractivity contribution in [3.8, 4) is 0 Å². The highest BCUT2D eigenvalue weighted by molar-refractivity contribution is 7.80. The molecular formula is C16H14F2N2S. The number of rotatable bonds is 3. The highest BCUT2D eigenvalue weighted by atomic mass is 32.1. The summed E-state index contributed by atoms with van der Waals surface area (Å²) in [7, 11) is 0. The van der Waals surface area contributed by atoms with Gasteiger partial charge in [0.1, 0.15) is 16.6 Å². The molecule has 2 aromatic carbocycles. The maximum Gasteiger partial charge on any atom is 0.128 e. The van der Waals surface area contributed by atoms with Gasteiger partial charge in [-0.05, 0) is 30.2 Å². The van der Waals surface area contributed by atoms with Crippen molar-refractivity contribution in [2.45, 2.75) is 13.0 Å². The number of hydrogen-bond acceptors (Lipinski definition) is 2. The Balaban J connectivity index is 1.86. The minimum absolute atomic E-state index is 0.175. The normalized spacial score (nSPS) is 13.3. The van der Waals surface area contributed by atoms with Crippen LogP contribution in [0, 0.1) is 11.6 Å². The molecule has 0 atom stereocenters. The third kappa shape index (κ3) is 2.74. The van der Waals surface area contributed by atoms with Gasteiger partial charge in [0.15, 0.2) is 0 Å². The molecule has 1 aliphatic rings. The third-order valence-corrected chi connectivity index (χ3v) is 3.97. The topological polar surface area (TPSA) is 29.3 Å². The van der Waals surface area contributed by atoms with Gasteiger partial charge >= 0.3 is 0 Å². The second-order valence-electron chi connectivity index (χ2n) is 5.12. The number of nitrogens with zero attached hydrogens (tertiary/aromatic N) is 1. The van der Waals surface area contributed by atoms with E-state index in [1.165, 1.54) is 18.2 Å². The molecule has 1 heterocycles. The van der Waals surface area contributed by atoms with Crippen molar-refractivity contribution in [1.82, 2.24) is 0 Å². The SMILES string of the molecule is NC(=S)c1ccc(CN2CCc3ccc(F)cc32)c(F)c1. The van der Waals surface area contributed by atoms with E-state index in [9.17, 15) is 8.78 Å². The van der Waals surface area contributed by atoms with Crippen LogP contribution in [0.3, 0.4) is 0 Å². The fraction of sp³-hybridized carbons (Fsp3) is 0.188. The third-order valence-electron chi connectivity index (χ3n) is 3.74. The Morgan fingerprint density at radius 1 is 1.19 bits per heavy atom. The molecule has 0 aliphatic carbocycles. The van der Waals surface area contributed by atoms with E-state index in [0.29, 0.717) is 17.7 Å². The number of hydrogen-bond donors (Lipinski definition) is 1. The van der Waals surface area contributed by atoms with Crippen LogP contribution in [0.1, 0.15) is 16.7 Å². The van der Waals surface area contributed by atoms with E-state index in [4.69, 9.17) is 18.0 Å². The Morgan fingerprint density at radius 3 is 2.71 bits per heavy atom. The van der Waals surface area contributed by atoms with Gasteiger partial charge in [-0.15, -0.1) is 0 Å². The molecule has 2 nitrogen and oxygen atoms in total. The first-order chi connectivity index (χ1) is 10.0. The summed E-state index contributed by atoms with van der Waals surface area (Å²) in [5.41, 5.74) is 8.48. The molecule has 0 saturated carbocycles. The Labute approximate surface area is 127 Å². The molecule has 2 N–H and O–H groups in total. The van der Waals surface area contributed by atoms with Gasteiger partial charge in [-0.3, -0.25) is 0 Å². The number of halogens is 2. The van der Waals surface area contributed by atoms with Crippen LogP contribution in [0.15, 0.2) is 36.4 Å². The van der Waals surface area contributed by atoms with Crippen LogP contribution in [0.25, 0.3) is 0 Å². The standard InChI is InChI=1S/C16H14F2N2S/c17-13-4-3-10-5-6-20(15(10)8-13)9-12-2-1-11(16(19)21)7-14(12)18/h1-4,7-8H,5-6,9H2,(H2,19,21). The molecule has 1 aliphatic heterocycles. The van der Waals surface area contributed by atoms with Crippen LogP contribution in [-0.4, -0.2) is 11.5 Å². The summed E-state index contributed by atoms with van der Waals surface area (Å²) in [6.45, 7) is 1.16. The molecule has 0 radical (unpaired) electrons.